The van der Waals surface area contributed by atoms with E-state index < -0.39 is 4.92 Å². The molecule has 0 spiro atoms. The maximum absolute atomic E-state index is 10.6. The van der Waals surface area contributed by atoms with Crippen molar-refractivity contribution in [3.63, 3.8) is 0 Å². The number of non-ortho nitro benzene ring substituents is 1. The molecule has 0 saturated heterocycles. The van der Waals surface area contributed by atoms with Crippen molar-refractivity contribution in [2.45, 2.75) is 0 Å². The van der Waals surface area contributed by atoms with Gasteiger partial charge in [-0.15, -0.1) is 0 Å². The fourth-order valence-corrected chi connectivity index (χ4v) is 1.32. The summed E-state index contributed by atoms with van der Waals surface area (Å²) in [6, 6.07) is 9.02. The van der Waals surface area contributed by atoms with E-state index >= 15 is 0 Å². The third-order valence-corrected chi connectivity index (χ3v) is 2.05. The summed E-state index contributed by atoms with van der Waals surface area (Å²) < 4.78 is 5.11. The molecule has 5 nitrogen and oxygen atoms in total. The van der Waals surface area contributed by atoms with Crippen LogP contribution >= 0.6 is 0 Å². The van der Waals surface area contributed by atoms with E-state index in [1.807, 2.05) is 0 Å². The molecule has 16 heavy (non-hydrogen) atoms. The first-order valence-electron chi connectivity index (χ1n) is 4.43. The molecule has 79 valence electrons. The Morgan fingerprint density at radius 1 is 1.25 bits per heavy atom. The number of carbonyl (C=O) groups excluding carboxylic acids is 1. The first-order chi connectivity index (χ1) is 7.70. The van der Waals surface area contributed by atoms with E-state index in [0.717, 1.165) is 0 Å². The van der Waals surface area contributed by atoms with E-state index in [4.69, 9.17) is 4.42 Å². The summed E-state index contributed by atoms with van der Waals surface area (Å²) >= 11 is 0. The molecule has 0 aliphatic carbocycles. The molecule has 5 heteroatoms. The highest BCUT2D eigenvalue weighted by Gasteiger charge is 2.09. The molecular weight excluding hydrogens is 210 g/mol. The van der Waals surface area contributed by atoms with Gasteiger partial charge in [-0.2, -0.15) is 0 Å². The summed E-state index contributed by atoms with van der Waals surface area (Å²) in [5, 5.41) is 10.6. The average Bonchev–Trinajstić information content (AvgIpc) is 2.77. The number of hydrogen-bond donors (Lipinski definition) is 0. The molecule has 0 fully saturated rings. The van der Waals surface area contributed by atoms with Crippen LogP contribution in [0.3, 0.4) is 0 Å². The number of hydrogen-bond acceptors (Lipinski definition) is 4. The van der Waals surface area contributed by atoms with E-state index in [1.165, 1.54) is 18.2 Å². The maximum atomic E-state index is 10.6. The SMILES string of the molecule is O=[C]c1ccc(-c2cccc([N+](=O)[O-])c2)o1. The van der Waals surface area contributed by atoms with Gasteiger partial charge in [0.2, 0.25) is 0 Å². The molecule has 0 amide bonds. The maximum Gasteiger partial charge on any atom is 0.271 e. The lowest BCUT2D eigenvalue weighted by atomic mass is 10.1. The quantitative estimate of drug-likeness (QED) is 0.582. The number of furan rings is 1. The predicted octanol–water partition coefficient (Wildman–Crippen LogP) is 2.31. The molecule has 0 aliphatic rings. The normalized spacial score (nSPS) is 10.0. The number of rotatable bonds is 3. The Bertz CT molecular complexity index is 544. The molecule has 0 atom stereocenters. The highest BCUT2D eigenvalue weighted by Crippen LogP contribution is 2.25. The Labute approximate surface area is 90.5 Å². The standard InChI is InChI=1S/C11H6NO4/c13-7-10-4-5-11(16-10)8-2-1-3-9(6-8)12(14)15/h1-6H. The summed E-state index contributed by atoms with van der Waals surface area (Å²) in [5.74, 6) is 0.476. The number of benzene rings is 1. The van der Waals surface area contributed by atoms with Gasteiger partial charge in [-0.3, -0.25) is 14.9 Å². The number of nitro groups is 1. The first kappa shape index (κ1) is 10.1. The van der Waals surface area contributed by atoms with Gasteiger partial charge < -0.3 is 4.42 Å². The van der Waals surface area contributed by atoms with Crippen LogP contribution in [-0.2, 0) is 4.79 Å². The molecule has 2 aromatic rings. The summed E-state index contributed by atoms with van der Waals surface area (Å²) in [5.41, 5.74) is 0.529. The third-order valence-electron chi connectivity index (χ3n) is 2.05. The second-order valence-corrected chi connectivity index (χ2v) is 3.07. The zero-order chi connectivity index (χ0) is 11.5. The van der Waals surface area contributed by atoms with Crippen molar-refractivity contribution in [1.29, 1.82) is 0 Å². The van der Waals surface area contributed by atoms with Crippen LogP contribution in [-0.4, -0.2) is 11.2 Å². The van der Waals surface area contributed by atoms with Gasteiger partial charge in [-0.1, -0.05) is 12.1 Å². The molecule has 1 heterocycles. The van der Waals surface area contributed by atoms with Gasteiger partial charge in [-0.05, 0) is 12.1 Å². The molecule has 0 unspecified atom stereocenters. The monoisotopic (exact) mass is 216 g/mol. The second-order valence-electron chi connectivity index (χ2n) is 3.07. The summed E-state index contributed by atoms with van der Waals surface area (Å²) in [7, 11) is 0. The first-order valence-corrected chi connectivity index (χ1v) is 4.43. The van der Waals surface area contributed by atoms with Gasteiger partial charge in [0.25, 0.3) is 12.0 Å². The molecule has 1 aromatic heterocycles. The van der Waals surface area contributed by atoms with Crippen molar-refractivity contribution < 1.29 is 14.1 Å². The van der Waals surface area contributed by atoms with Crippen molar-refractivity contribution >= 4 is 12.0 Å². The van der Waals surface area contributed by atoms with Crippen LogP contribution in [0, 0.1) is 10.1 Å². The van der Waals surface area contributed by atoms with Crippen molar-refractivity contribution in [2.75, 3.05) is 0 Å². The Morgan fingerprint density at radius 3 is 2.69 bits per heavy atom. The summed E-state index contributed by atoms with van der Waals surface area (Å²) in [6.07, 6.45) is 1.60. The van der Waals surface area contributed by atoms with Crippen molar-refractivity contribution in [2.24, 2.45) is 0 Å². The molecule has 1 radical (unpaired) electrons. The van der Waals surface area contributed by atoms with Gasteiger partial charge in [0.15, 0.2) is 5.76 Å². The Morgan fingerprint density at radius 2 is 2.06 bits per heavy atom. The molecule has 1 aromatic carbocycles. The molecule has 0 saturated carbocycles. The minimum atomic E-state index is -0.487. The van der Waals surface area contributed by atoms with Gasteiger partial charge in [0, 0.05) is 17.7 Å². The van der Waals surface area contributed by atoms with Crippen molar-refractivity contribution in [3.05, 3.63) is 52.3 Å². The van der Waals surface area contributed by atoms with E-state index in [1.54, 1.807) is 24.5 Å². The van der Waals surface area contributed by atoms with E-state index in [2.05, 4.69) is 0 Å². The lowest BCUT2D eigenvalue weighted by Gasteiger charge is -1.96. The minimum Gasteiger partial charge on any atom is -0.452 e. The smallest absolute Gasteiger partial charge is 0.271 e. The van der Waals surface area contributed by atoms with E-state index in [9.17, 15) is 14.9 Å². The largest absolute Gasteiger partial charge is 0.452 e. The summed E-state index contributed by atoms with van der Waals surface area (Å²) in [6.45, 7) is 0. The minimum absolute atomic E-state index is 0.0227. The van der Waals surface area contributed by atoms with Crippen molar-refractivity contribution in [1.82, 2.24) is 0 Å². The Hall–Kier alpha value is -2.43. The van der Waals surface area contributed by atoms with Crippen LogP contribution in [0.15, 0.2) is 40.8 Å². The van der Waals surface area contributed by atoms with Crippen LogP contribution in [0.1, 0.15) is 5.76 Å². The lowest BCUT2D eigenvalue weighted by Crippen LogP contribution is -1.87. The average molecular weight is 216 g/mol. The summed E-state index contributed by atoms with van der Waals surface area (Å²) in [4.78, 5) is 20.4. The lowest BCUT2D eigenvalue weighted by molar-refractivity contribution is -0.384. The zero-order valence-corrected chi connectivity index (χ0v) is 8.04. The fraction of sp³-hybridized carbons (Fsp3) is 0. The van der Waals surface area contributed by atoms with Gasteiger partial charge in [0.1, 0.15) is 5.76 Å². The Kier molecular flexibility index (Phi) is 2.51. The van der Waals surface area contributed by atoms with E-state index in [0.29, 0.717) is 11.3 Å². The predicted molar refractivity (Wildman–Crippen MR) is 55.6 cm³/mol. The fourth-order valence-electron chi connectivity index (χ4n) is 1.32. The second kappa shape index (κ2) is 3.98. The Balaban J connectivity index is 2.43. The highest BCUT2D eigenvalue weighted by atomic mass is 16.6. The molecule has 0 aliphatic heterocycles. The third kappa shape index (κ3) is 1.83. The molecule has 0 N–H and O–H groups in total. The van der Waals surface area contributed by atoms with Crippen LogP contribution in [0.4, 0.5) is 5.69 Å². The highest BCUT2D eigenvalue weighted by molar-refractivity contribution is 5.73. The molecular formula is C11H6NO4. The van der Waals surface area contributed by atoms with E-state index in [-0.39, 0.29) is 11.4 Å². The van der Waals surface area contributed by atoms with Gasteiger partial charge >= 0.3 is 0 Å². The number of nitrogens with zero attached hydrogens (tertiary/aromatic N) is 1. The zero-order valence-electron chi connectivity index (χ0n) is 8.04. The van der Waals surface area contributed by atoms with Crippen LogP contribution in [0.2, 0.25) is 0 Å². The van der Waals surface area contributed by atoms with Crippen LogP contribution < -0.4 is 0 Å². The van der Waals surface area contributed by atoms with Crippen LogP contribution in [0.5, 0.6) is 0 Å². The molecule has 2 rings (SSSR count). The van der Waals surface area contributed by atoms with Crippen LogP contribution in [0.25, 0.3) is 11.3 Å². The van der Waals surface area contributed by atoms with Gasteiger partial charge in [0.05, 0.1) is 4.92 Å². The molecule has 0 bridgehead atoms. The topological polar surface area (TPSA) is 73.3 Å². The number of nitro benzene ring substituents is 1. The van der Waals surface area contributed by atoms with Gasteiger partial charge in [-0.25, -0.2) is 0 Å². The van der Waals surface area contributed by atoms with Crippen molar-refractivity contribution in [3.8, 4) is 11.3 Å².